The van der Waals surface area contributed by atoms with Crippen molar-refractivity contribution in [2.24, 2.45) is 0 Å². The van der Waals surface area contributed by atoms with Crippen LogP contribution in [-0.4, -0.2) is 40.2 Å². The quantitative estimate of drug-likeness (QED) is 0.901. The molecule has 2 atom stereocenters. The molecule has 0 radical (unpaired) electrons. The fourth-order valence-electron chi connectivity index (χ4n) is 2.84. The van der Waals surface area contributed by atoms with E-state index >= 15 is 0 Å². The van der Waals surface area contributed by atoms with Crippen LogP contribution >= 0.6 is 0 Å². The molecule has 0 spiro atoms. The van der Waals surface area contributed by atoms with Gasteiger partial charge in [-0.1, -0.05) is 12.1 Å². The number of aromatic amines is 1. The van der Waals surface area contributed by atoms with Gasteiger partial charge in [0, 0.05) is 13.1 Å². The summed E-state index contributed by atoms with van der Waals surface area (Å²) < 4.78 is 5.71. The van der Waals surface area contributed by atoms with Crippen LogP contribution in [0.3, 0.4) is 0 Å². The first-order valence-corrected chi connectivity index (χ1v) is 6.97. The summed E-state index contributed by atoms with van der Waals surface area (Å²) in [6.07, 6.45) is 0.428. The highest BCUT2D eigenvalue weighted by atomic mass is 16.5. The van der Waals surface area contributed by atoms with Crippen LogP contribution in [0.15, 0.2) is 29.1 Å². The minimum absolute atomic E-state index is 0.0695. The van der Waals surface area contributed by atoms with Crippen molar-refractivity contribution in [2.45, 2.75) is 32.6 Å². The number of hydrogen-bond donors (Lipinski definition) is 1. The van der Waals surface area contributed by atoms with Crippen LogP contribution in [0.25, 0.3) is 10.9 Å². The standard InChI is InChI=1S/C15H19N3O2/c1-10-7-18(8-11(2)20-10)9-14-16-13-6-4-3-5-12(13)15(19)17-14/h3-6,10-11H,7-9H2,1-2H3,(H,16,17,19)/t10-,11-/m1/s1. The predicted molar refractivity (Wildman–Crippen MR) is 77.6 cm³/mol. The molecule has 5 heteroatoms. The number of fused-ring (bicyclic) bond motifs is 1. The molecule has 5 nitrogen and oxygen atoms in total. The zero-order valence-electron chi connectivity index (χ0n) is 11.8. The third-order valence-corrected chi connectivity index (χ3v) is 3.53. The summed E-state index contributed by atoms with van der Waals surface area (Å²) >= 11 is 0. The second-order valence-electron chi connectivity index (χ2n) is 5.48. The van der Waals surface area contributed by atoms with Gasteiger partial charge in [-0.25, -0.2) is 4.98 Å². The lowest BCUT2D eigenvalue weighted by Crippen LogP contribution is -2.45. The lowest BCUT2D eigenvalue weighted by Gasteiger charge is -2.34. The SMILES string of the molecule is C[C@@H]1CN(Cc2nc3ccccc3c(=O)[nH]2)C[C@@H](C)O1. The lowest BCUT2D eigenvalue weighted by atomic mass is 10.2. The number of hydrogen-bond acceptors (Lipinski definition) is 4. The van der Waals surface area contributed by atoms with Gasteiger partial charge in [0.1, 0.15) is 5.82 Å². The van der Waals surface area contributed by atoms with E-state index in [1.54, 1.807) is 6.07 Å². The highest BCUT2D eigenvalue weighted by Crippen LogP contribution is 2.13. The van der Waals surface area contributed by atoms with Gasteiger partial charge < -0.3 is 9.72 Å². The number of nitrogens with one attached hydrogen (secondary N) is 1. The van der Waals surface area contributed by atoms with Gasteiger partial charge in [-0.05, 0) is 26.0 Å². The van der Waals surface area contributed by atoms with Crippen molar-refractivity contribution in [3.8, 4) is 0 Å². The van der Waals surface area contributed by atoms with E-state index in [0.717, 1.165) is 24.4 Å². The Morgan fingerprint density at radius 2 is 2.00 bits per heavy atom. The molecule has 1 aliphatic heterocycles. The summed E-state index contributed by atoms with van der Waals surface area (Å²) in [4.78, 5) is 21.7. The van der Waals surface area contributed by atoms with E-state index in [4.69, 9.17) is 4.74 Å². The van der Waals surface area contributed by atoms with E-state index in [2.05, 4.69) is 28.7 Å². The van der Waals surface area contributed by atoms with Crippen molar-refractivity contribution < 1.29 is 4.74 Å². The van der Waals surface area contributed by atoms with Crippen molar-refractivity contribution in [1.82, 2.24) is 14.9 Å². The van der Waals surface area contributed by atoms with Gasteiger partial charge in [-0.15, -0.1) is 0 Å². The molecule has 1 saturated heterocycles. The van der Waals surface area contributed by atoms with Gasteiger partial charge in [0.05, 0.1) is 29.7 Å². The molecule has 106 valence electrons. The lowest BCUT2D eigenvalue weighted by molar-refractivity contribution is -0.0710. The number of para-hydroxylation sites is 1. The Bertz CT molecular complexity index is 657. The summed E-state index contributed by atoms with van der Waals surface area (Å²) in [5, 5.41) is 0.639. The maximum absolute atomic E-state index is 12.0. The fraction of sp³-hybridized carbons (Fsp3) is 0.467. The van der Waals surface area contributed by atoms with Crippen LogP contribution in [-0.2, 0) is 11.3 Å². The molecule has 0 amide bonds. The number of H-pyrrole nitrogens is 1. The van der Waals surface area contributed by atoms with E-state index in [0.29, 0.717) is 11.9 Å². The third-order valence-electron chi connectivity index (χ3n) is 3.53. The molecule has 20 heavy (non-hydrogen) atoms. The number of rotatable bonds is 2. The molecule has 0 saturated carbocycles. The molecule has 3 rings (SSSR count). The Balaban J connectivity index is 1.86. The van der Waals surface area contributed by atoms with Crippen molar-refractivity contribution in [2.75, 3.05) is 13.1 Å². The molecule has 2 heterocycles. The van der Waals surface area contributed by atoms with Gasteiger partial charge in [0.2, 0.25) is 0 Å². The van der Waals surface area contributed by atoms with Crippen LogP contribution in [0, 0.1) is 0 Å². The van der Waals surface area contributed by atoms with Crippen molar-refractivity contribution >= 4 is 10.9 Å². The molecule has 2 aromatic rings. The van der Waals surface area contributed by atoms with E-state index in [1.807, 2.05) is 18.2 Å². The summed E-state index contributed by atoms with van der Waals surface area (Å²) in [6, 6.07) is 7.42. The zero-order valence-corrected chi connectivity index (χ0v) is 11.8. The molecule has 0 unspecified atom stereocenters. The maximum atomic E-state index is 12.0. The molecule has 1 aliphatic rings. The average molecular weight is 273 g/mol. The topological polar surface area (TPSA) is 58.2 Å². The maximum Gasteiger partial charge on any atom is 0.258 e. The first kappa shape index (κ1) is 13.3. The molecule has 1 aromatic heterocycles. The Labute approximate surface area is 117 Å². The van der Waals surface area contributed by atoms with Crippen molar-refractivity contribution in [3.63, 3.8) is 0 Å². The van der Waals surface area contributed by atoms with Crippen molar-refractivity contribution in [1.29, 1.82) is 0 Å². The zero-order chi connectivity index (χ0) is 14.1. The molecule has 1 N–H and O–H groups in total. The molecule has 0 aliphatic carbocycles. The molecule has 1 aromatic carbocycles. The number of morpholine rings is 1. The van der Waals surface area contributed by atoms with Crippen molar-refractivity contribution in [3.05, 3.63) is 40.4 Å². The average Bonchev–Trinajstić information content (AvgIpc) is 2.37. The Morgan fingerprint density at radius 1 is 1.30 bits per heavy atom. The second-order valence-corrected chi connectivity index (χ2v) is 5.48. The minimum Gasteiger partial charge on any atom is -0.373 e. The normalized spacial score (nSPS) is 24.1. The first-order chi connectivity index (χ1) is 9.61. The fourth-order valence-corrected chi connectivity index (χ4v) is 2.84. The van der Waals surface area contributed by atoms with E-state index in [1.165, 1.54) is 0 Å². The summed E-state index contributed by atoms with van der Waals surface area (Å²) in [5.41, 5.74) is 0.681. The smallest absolute Gasteiger partial charge is 0.258 e. The van der Waals surface area contributed by atoms with Gasteiger partial charge >= 0.3 is 0 Å². The summed E-state index contributed by atoms with van der Waals surface area (Å²) in [7, 11) is 0. The van der Waals surface area contributed by atoms with E-state index < -0.39 is 0 Å². The number of ether oxygens (including phenoxy) is 1. The Morgan fingerprint density at radius 3 is 2.75 bits per heavy atom. The highest BCUT2D eigenvalue weighted by Gasteiger charge is 2.22. The number of nitrogens with zero attached hydrogens (tertiary/aromatic N) is 2. The molecule has 1 fully saturated rings. The highest BCUT2D eigenvalue weighted by molar-refractivity contribution is 5.77. The summed E-state index contributed by atoms with van der Waals surface area (Å²) in [6.45, 7) is 6.51. The van der Waals surface area contributed by atoms with Crippen LogP contribution < -0.4 is 5.56 Å². The van der Waals surface area contributed by atoms with Gasteiger partial charge in [-0.2, -0.15) is 0 Å². The van der Waals surface area contributed by atoms with E-state index in [9.17, 15) is 4.79 Å². The third kappa shape index (κ3) is 2.73. The van der Waals surface area contributed by atoms with Crippen LogP contribution in [0.2, 0.25) is 0 Å². The molecule has 0 bridgehead atoms. The van der Waals surface area contributed by atoms with Gasteiger partial charge in [-0.3, -0.25) is 9.69 Å². The Hall–Kier alpha value is -1.72. The van der Waals surface area contributed by atoms with Gasteiger partial charge in [0.15, 0.2) is 0 Å². The first-order valence-electron chi connectivity index (χ1n) is 6.97. The second kappa shape index (κ2) is 5.34. The van der Waals surface area contributed by atoms with E-state index in [-0.39, 0.29) is 17.8 Å². The van der Waals surface area contributed by atoms with Crippen LogP contribution in [0.1, 0.15) is 19.7 Å². The minimum atomic E-state index is -0.0695. The summed E-state index contributed by atoms with van der Waals surface area (Å²) in [5.74, 6) is 0.718. The largest absolute Gasteiger partial charge is 0.373 e. The van der Waals surface area contributed by atoms with Crippen LogP contribution in [0.4, 0.5) is 0 Å². The number of aromatic nitrogens is 2. The number of benzene rings is 1. The van der Waals surface area contributed by atoms with Gasteiger partial charge in [0.25, 0.3) is 5.56 Å². The molecular formula is C15H19N3O2. The van der Waals surface area contributed by atoms with Crippen LogP contribution in [0.5, 0.6) is 0 Å². The molecular weight excluding hydrogens is 254 g/mol. The predicted octanol–water partition coefficient (Wildman–Crippen LogP) is 1.53. The monoisotopic (exact) mass is 273 g/mol. The Kier molecular flexibility index (Phi) is 3.54.